The van der Waals surface area contributed by atoms with Gasteiger partial charge in [0.1, 0.15) is 11.5 Å². The molecule has 0 spiro atoms. The van der Waals surface area contributed by atoms with Gasteiger partial charge in [-0.15, -0.1) is 11.3 Å². The number of amides is 1. The number of thiazole rings is 1. The quantitative estimate of drug-likeness (QED) is 0.476. The zero-order valence-electron chi connectivity index (χ0n) is 16.8. The first-order chi connectivity index (χ1) is 15.0. The summed E-state index contributed by atoms with van der Waals surface area (Å²) in [7, 11) is 0. The summed E-state index contributed by atoms with van der Waals surface area (Å²) in [6.07, 6.45) is -3.15. The molecule has 0 atom stereocenters. The van der Waals surface area contributed by atoms with E-state index in [1.54, 1.807) is 4.90 Å². The molecule has 1 amide bonds. The van der Waals surface area contributed by atoms with Crippen molar-refractivity contribution in [3.63, 3.8) is 0 Å². The summed E-state index contributed by atoms with van der Waals surface area (Å²) in [4.78, 5) is 19.1. The average molecular weight is 471 g/mol. The van der Waals surface area contributed by atoms with Crippen LogP contribution in [0.25, 0.3) is 11.3 Å². The van der Waals surface area contributed by atoms with Gasteiger partial charge in [-0.25, -0.2) is 13.8 Å². The minimum atomic E-state index is -4.49. The van der Waals surface area contributed by atoms with Gasteiger partial charge in [-0.2, -0.15) is 13.2 Å². The molecule has 1 saturated heterocycles. The predicted molar refractivity (Wildman–Crippen MR) is 109 cm³/mol. The lowest BCUT2D eigenvalue weighted by atomic mass is 10.1. The van der Waals surface area contributed by atoms with Crippen molar-refractivity contribution in [3.8, 4) is 11.3 Å². The van der Waals surface area contributed by atoms with Crippen LogP contribution in [-0.2, 0) is 12.7 Å². The van der Waals surface area contributed by atoms with Gasteiger partial charge in [-0.05, 0) is 25.1 Å². The first-order valence-corrected chi connectivity index (χ1v) is 10.5. The number of anilines is 1. The smallest absolute Gasteiger partial charge is 0.416 e. The SMILES string of the molecule is Cc1oc(-c2cccc(C(F)(F)F)c2)cc1C(=O)Nc1ncc(CN2CCC(F)(F)C2)s1. The molecule has 11 heteroatoms. The molecule has 1 aliphatic rings. The minimum absolute atomic E-state index is 0.133. The maximum Gasteiger partial charge on any atom is 0.416 e. The number of furan rings is 1. The van der Waals surface area contributed by atoms with Gasteiger partial charge in [0.15, 0.2) is 5.13 Å². The number of hydrogen-bond donors (Lipinski definition) is 1. The number of halogens is 5. The van der Waals surface area contributed by atoms with Crippen molar-refractivity contribution >= 4 is 22.4 Å². The number of likely N-dealkylation sites (tertiary alicyclic amines) is 1. The van der Waals surface area contributed by atoms with Crippen LogP contribution in [0.5, 0.6) is 0 Å². The van der Waals surface area contributed by atoms with E-state index in [2.05, 4.69) is 10.3 Å². The van der Waals surface area contributed by atoms with Gasteiger partial charge >= 0.3 is 6.18 Å². The largest absolute Gasteiger partial charge is 0.461 e. The van der Waals surface area contributed by atoms with Crippen LogP contribution in [0.4, 0.5) is 27.1 Å². The minimum Gasteiger partial charge on any atom is -0.461 e. The van der Waals surface area contributed by atoms with Gasteiger partial charge < -0.3 is 4.42 Å². The predicted octanol–water partition coefficient (Wildman–Crippen LogP) is 5.82. The van der Waals surface area contributed by atoms with Gasteiger partial charge in [0.25, 0.3) is 11.8 Å². The molecule has 5 nitrogen and oxygen atoms in total. The summed E-state index contributed by atoms with van der Waals surface area (Å²) in [5, 5.41) is 2.91. The Morgan fingerprint density at radius 2 is 2.09 bits per heavy atom. The van der Waals surface area contributed by atoms with Gasteiger partial charge in [0.2, 0.25) is 0 Å². The van der Waals surface area contributed by atoms with Crippen LogP contribution >= 0.6 is 11.3 Å². The molecule has 4 rings (SSSR count). The van der Waals surface area contributed by atoms with Crippen molar-refractivity contribution in [3.05, 3.63) is 58.3 Å². The molecule has 3 aromatic rings. The molecule has 1 aromatic carbocycles. The normalized spacial score (nSPS) is 16.4. The third-order valence-corrected chi connectivity index (χ3v) is 5.94. The topological polar surface area (TPSA) is 58.4 Å². The van der Waals surface area contributed by atoms with E-state index in [4.69, 9.17) is 4.42 Å². The van der Waals surface area contributed by atoms with E-state index in [0.29, 0.717) is 13.1 Å². The third-order valence-electron chi connectivity index (χ3n) is 5.04. The Morgan fingerprint density at radius 3 is 2.78 bits per heavy atom. The van der Waals surface area contributed by atoms with Crippen LogP contribution in [-0.4, -0.2) is 34.8 Å². The van der Waals surface area contributed by atoms with Gasteiger partial charge in [0.05, 0.1) is 17.7 Å². The number of nitrogens with zero attached hydrogens (tertiary/aromatic N) is 2. The lowest BCUT2D eigenvalue weighted by Gasteiger charge is -2.13. The van der Waals surface area contributed by atoms with E-state index in [9.17, 15) is 26.7 Å². The second-order valence-electron chi connectivity index (χ2n) is 7.56. The van der Waals surface area contributed by atoms with E-state index in [-0.39, 0.29) is 40.7 Å². The molecule has 32 heavy (non-hydrogen) atoms. The average Bonchev–Trinajstić information content (AvgIpc) is 3.40. The number of carbonyl (C=O) groups excluding carboxylic acids is 1. The molecular weight excluding hydrogens is 453 g/mol. The standard InChI is InChI=1S/C21H18F5N3O2S/c1-12-16(8-17(31-12)13-3-2-4-14(7-13)21(24,25)26)18(30)28-19-27-9-15(32-19)10-29-6-5-20(22,23)11-29/h2-4,7-9H,5-6,10-11H2,1H3,(H,27,28,30). The summed E-state index contributed by atoms with van der Waals surface area (Å²) in [6.45, 7) is 1.83. The molecular formula is C21H18F5N3O2S. The molecule has 0 bridgehead atoms. The van der Waals surface area contributed by atoms with E-state index >= 15 is 0 Å². The maximum absolute atomic E-state index is 13.3. The van der Waals surface area contributed by atoms with Crippen molar-refractivity contribution in [2.24, 2.45) is 0 Å². The Kier molecular flexibility index (Phi) is 5.80. The number of nitrogens with one attached hydrogen (secondary N) is 1. The van der Waals surface area contributed by atoms with Gasteiger partial charge in [-0.3, -0.25) is 15.0 Å². The van der Waals surface area contributed by atoms with E-state index in [0.717, 1.165) is 17.0 Å². The first-order valence-electron chi connectivity index (χ1n) is 9.64. The Labute approximate surface area is 183 Å². The van der Waals surface area contributed by atoms with E-state index in [1.165, 1.54) is 42.7 Å². The highest BCUT2D eigenvalue weighted by Crippen LogP contribution is 2.34. The Bertz CT molecular complexity index is 1140. The number of aryl methyl sites for hydroxylation is 1. The van der Waals surface area contributed by atoms with Crippen molar-refractivity contribution in [2.45, 2.75) is 32.0 Å². The summed E-state index contributed by atoms with van der Waals surface area (Å²) >= 11 is 1.17. The van der Waals surface area contributed by atoms with Crippen LogP contribution in [0.3, 0.4) is 0 Å². The number of aromatic nitrogens is 1. The Morgan fingerprint density at radius 1 is 1.31 bits per heavy atom. The summed E-state index contributed by atoms with van der Waals surface area (Å²) < 4.78 is 71.1. The van der Waals surface area contributed by atoms with Gasteiger partial charge in [0, 0.05) is 36.1 Å². The van der Waals surface area contributed by atoms with Crippen LogP contribution in [0.2, 0.25) is 0 Å². The summed E-state index contributed by atoms with van der Waals surface area (Å²) in [5.74, 6) is -2.84. The third kappa shape index (κ3) is 4.99. The molecule has 3 heterocycles. The van der Waals surface area contributed by atoms with Crippen LogP contribution in [0, 0.1) is 6.92 Å². The highest BCUT2D eigenvalue weighted by molar-refractivity contribution is 7.15. The molecule has 0 radical (unpaired) electrons. The number of rotatable bonds is 5. The monoisotopic (exact) mass is 471 g/mol. The molecule has 1 aliphatic heterocycles. The number of benzene rings is 1. The second kappa shape index (κ2) is 8.28. The molecule has 0 aliphatic carbocycles. The van der Waals surface area contributed by atoms with Crippen LogP contribution < -0.4 is 5.32 Å². The zero-order chi connectivity index (χ0) is 23.1. The Balaban J connectivity index is 1.45. The molecule has 1 fully saturated rings. The molecule has 0 saturated carbocycles. The first kappa shape index (κ1) is 22.4. The van der Waals surface area contributed by atoms with Crippen molar-refractivity contribution in [1.82, 2.24) is 9.88 Å². The molecule has 170 valence electrons. The summed E-state index contributed by atoms with van der Waals surface area (Å²) in [5.41, 5.74) is -0.463. The second-order valence-corrected chi connectivity index (χ2v) is 8.68. The Hall–Kier alpha value is -2.79. The van der Waals surface area contributed by atoms with Crippen molar-refractivity contribution in [2.75, 3.05) is 18.4 Å². The highest BCUT2D eigenvalue weighted by Gasteiger charge is 2.38. The highest BCUT2D eigenvalue weighted by atomic mass is 32.1. The molecule has 2 aromatic heterocycles. The molecule has 1 N–H and O–H groups in total. The number of carbonyl (C=O) groups is 1. The van der Waals surface area contributed by atoms with Crippen LogP contribution in [0.15, 0.2) is 40.9 Å². The van der Waals surface area contributed by atoms with E-state index < -0.39 is 23.6 Å². The van der Waals surface area contributed by atoms with Crippen LogP contribution in [0.1, 0.15) is 33.0 Å². The maximum atomic E-state index is 13.3. The summed E-state index contributed by atoms with van der Waals surface area (Å²) in [6, 6.07) is 6.01. The number of alkyl halides is 5. The van der Waals surface area contributed by atoms with E-state index in [1.807, 2.05) is 0 Å². The molecule has 0 unspecified atom stereocenters. The lowest BCUT2D eigenvalue weighted by molar-refractivity contribution is -0.137. The lowest BCUT2D eigenvalue weighted by Crippen LogP contribution is -2.24. The van der Waals surface area contributed by atoms with Crippen molar-refractivity contribution < 1.29 is 31.2 Å². The fraction of sp³-hybridized carbons (Fsp3) is 0.333. The fourth-order valence-electron chi connectivity index (χ4n) is 3.46. The fourth-order valence-corrected chi connectivity index (χ4v) is 4.31. The van der Waals surface area contributed by atoms with Crippen molar-refractivity contribution in [1.29, 1.82) is 0 Å². The number of hydrogen-bond acceptors (Lipinski definition) is 5. The zero-order valence-corrected chi connectivity index (χ0v) is 17.6. The van der Waals surface area contributed by atoms with Gasteiger partial charge in [-0.1, -0.05) is 12.1 Å².